The summed E-state index contributed by atoms with van der Waals surface area (Å²) in [5, 5.41) is 2.75. The first-order valence-electron chi connectivity index (χ1n) is 5.72. The summed E-state index contributed by atoms with van der Waals surface area (Å²) in [5.41, 5.74) is 6.19. The predicted molar refractivity (Wildman–Crippen MR) is 82.1 cm³/mol. The van der Waals surface area contributed by atoms with E-state index in [1.807, 2.05) is 20.8 Å². The van der Waals surface area contributed by atoms with E-state index in [9.17, 15) is 9.00 Å². The quantitative estimate of drug-likeness (QED) is 0.899. The highest BCUT2D eigenvalue weighted by Crippen LogP contribution is 2.19. The third kappa shape index (κ3) is 5.30. The average Bonchev–Trinajstić information content (AvgIpc) is 2.27. The maximum atomic E-state index is 11.9. The van der Waals surface area contributed by atoms with Gasteiger partial charge in [-0.25, -0.2) is 0 Å². The van der Waals surface area contributed by atoms with E-state index in [2.05, 4.69) is 5.32 Å². The van der Waals surface area contributed by atoms with Crippen LogP contribution in [0.25, 0.3) is 0 Å². The predicted octanol–water partition coefficient (Wildman–Crippen LogP) is 2.16. The van der Waals surface area contributed by atoms with E-state index in [0.29, 0.717) is 10.6 Å². The summed E-state index contributed by atoms with van der Waals surface area (Å²) < 4.78 is 11.4. The molecule has 1 aromatic carbocycles. The smallest absolute Gasteiger partial charge is 0.241 e. The maximum absolute atomic E-state index is 11.9. The molecule has 0 heterocycles. The highest BCUT2D eigenvalue weighted by molar-refractivity contribution is 7.84. The van der Waals surface area contributed by atoms with Crippen LogP contribution in [0.15, 0.2) is 29.2 Å². The fourth-order valence-corrected chi connectivity index (χ4v) is 1.93. The van der Waals surface area contributed by atoms with Gasteiger partial charge in [-0.3, -0.25) is 9.00 Å². The van der Waals surface area contributed by atoms with Crippen LogP contribution >= 0.6 is 12.4 Å². The molecule has 0 aliphatic rings. The highest BCUT2D eigenvalue weighted by Gasteiger charge is 2.27. The van der Waals surface area contributed by atoms with Gasteiger partial charge in [0.05, 0.1) is 6.04 Å². The second kappa shape index (κ2) is 7.03. The second-order valence-electron chi connectivity index (χ2n) is 5.31. The number of nitrogens with two attached hydrogens (primary N) is 1. The van der Waals surface area contributed by atoms with Crippen molar-refractivity contribution in [1.29, 1.82) is 0 Å². The molecule has 0 radical (unpaired) electrons. The normalized spacial score (nSPS) is 14.2. The molecule has 2 atom stereocenters. The largest absolute Gasteiger partial charge is 0.325 e. The van der Waals surface area contributed by atoms with E-state index < -0.39 is 16.8 Å². The van der Waals surface area contributed by atoms with Crippen LogP contribution in [0.1, 0.15) is 20.8 Å². The molecule has 108 valence electrons. The van der Waals surface area contributed by atoms with Crippen molar-refractivity contribution in [3.05, 3.63) is 24.3 Å². The summed E-state index contributed by atoms with van der Waals surface area (Å²) in [6.45, 7) is 5.73. The number of hydrogen-bond donors (Lipinski definition) is 2. The Morgan fingerprint density at radius 1 is 1.37 bits per heavy atom. The standard InChI is InChI=1S/C13H20N2O2S.ClH/c1-13(2,3)11(14)12(16)15-9-6-5-7-10(8-9)18(4)17;/h5-8,11H,14H2,1-4H3,(H,15,16);1H/t11-,18?;/m1./s1. The molecule has 1 rings (SSSR count). The van der Waals surface area contributed by atoms with Crippen LogP contribution in [0.2, 0.25) is 0 Å². The molecule has 0 saturated heterocycles. The van der Waals surface area contributed by atoms with E-state index in [4.69, 9.17) is 5.73 Å². The van der Waals surface area contributed by atoms with Gasteiger partial charge in [-0.2, -0.15) is 0 Å². The van der Waals surface area contributed by atoms with E-state index in [1.165, 1.54) is 0 Å². The summed E-state index contributed by atoms with van der Waals surface area (Å²) in [7, 11) is -1.06. The van der Waals surface area contributed by atoms with Crippen molar-refractivity contribution in [2.45, 2.75) is 31.7 Å². The van der Waals surface area contributed by atoms with Crippen molar-refractivity contribution in [3.63, 3.8) is 0 Å². The Morgan fingerprint density at radius 3 is 2.42 bits per heavy atom. The molecule has 1 unspecified atom stereocenters. The third-order valence-electron chi connectivity index (χ3n) is 2.65. The number of hydrogen-bond acceptors (Lipinski definition) is 3. The lowest BCUT2D eigenvalue weighted by Crippen LogP contribution is -2.45. The number of anilines is 1. The van der Waals surface area contributed by atoms with Crippen molar-refractivity contribution in [1.82, 2.24) is 0 Å². The lowest BCUT2D eigenvalue weighted by atomic mass is 9.87. The van der Waals surface area contributed by atoms with Crippen LogP contribution in [0.5, 0.6) is 0 Å². The van der Waals surface area contributed by atoms with Gasteiger partial charge in [0.1, 0.15) is 0 Å². The van der Waals surface area contributed by atoms with Crippen molar-refractivity contribution in [2.75, 3.05) is 11.6 Å². The Labute approximate surface area is 123 Å². The summed E-state index contributed by atoms with van der Waals surface area (Å²) >= 11 is 0. The number of carbonyl (C=O) groups excluding carboxylic acids is 1. The van der Waals surface area contributed by atoms with Crippen LogP contribution in [-0.2, 0) is 15.6 Å². The molecule has 3 N–H and O–H groups in total. The van der Waals surface area contributed by atoms with Crippen molar-refractivity contribution >= 4 is 34.8 Å². The van der Waals surface area contributed by atoms with Gasteiger partial charge in [-0.05, 0) is 23.6 Å². The molecule has 0 aliphatic carbocycles. The molecule has 0 fully saturated rings. The zero-order valence-electron chi connectivity index (χ0n) is 11.6. The number of rotatable bonds is 3. The van der Waals surface area contributed by atoms with Gasteiger partial charge in [0.15, 0.2) is 0 Å². The van der Waals surface area contributed by atoms with Gasteiger partial charge < -0.3 is 11.1 Å². The molecule has 1 aromatic rings. The van der Waals surface area contributed by atoms with Gasteiger partial charge in [0.2, 0.25) is 5.91 Å². The monoisotopic (exact) mass is 304 g/mol. The minimum Gasteiger partial charge on any atom is -0.325 e. The molecule has 4 nitrogen and oxygen atoms in total. The minimum absolute atomic E-state index is 0. The lowest BCUT2D eigenvalue weighted by molar-refractivity contribution is -0.119. The first-order valence-corrected chi connectivity index (χ1v) is 7.27. The second-order valence-corrected chi connectivity index (χ2v) is 6.69. The fourth-order valence-electron chi connectivity index (χ4n) is 1.37. The Balaban J connectivity index is 0.00000324. The SMILES string of the molecule is CS(=O)c1cccc(NC(=O)[C@@H](N)C(C)(C)C)c1.Cl. The Bertz CT molecular complexity index is 472. The van der Waals surface area contributed by atoms with Gasteiger partial charge in [-0.1, -0.05) is 26.8 Å². The Kier molecular flexibility index (Phi) is 6.69. The van der Waals surface area contributed by atoms with Crippen LogP contribution in [0, 0.1) is 5.41 Å². The number of benzene rings is 1. The van der Waals surface area contributed by atoms with E-state index in [-0.39, 0.29) is 23.7 Å². The molecule has 0 spiro atoms. The maximum Gasteiger partial charge on any atom is 0.241 e. The van der Waals surface area contributed by atoms with Crippen LogP contribution in [0.4, 0.5) is 5.69 Å². The average molecular weight is 305 g/mol. The summed E-state index contributed by atoms with van der Waals surface area (Å²) in [6.07, 6.45) is 1.60. The number of carbonyl (C=O) groups is 1. The Morgan fingerprint density at radius 2 is 1.95 bits per heavy atom. The molecule has 19 heavy (non-hydrogen) atoms. The minimum atomic E-state index is -1.06. The molecular formula is C13H21ClN2O2S. The number of amides is 1. The summed E-state index contributed by atoms with van der Waals surface area (Å²) in [5.74, 6) is -0.235. The first-order chi connectivity index (χ1) is 8.21. The van der Waals surface area contributed by atoms with E-state index >= 15 is 0 Å². The van der Waals surface area contributed by atoms with Crippen molar-refractivity contribution in [2.24, 2.45) is 11.1 Å². The number of nitrogens with one attached hydrogen (secondary N) is 1. The van der Waals surface area contributed by atoms with Crippen molar-refractivity contribution < 1.29 is 9.00 Å². The van der Waals surface area contributed by atoms with Crippen LogP contribution in [0.3, 0.4) is 0 Å². The summed E-state index contributed by atoms with van der Waals surface area (Å²) in [4.78, 5) is 12.6. The van der Waals surface area contributed by atoms with Crippen LogP contribution in [-0.4, -0.2) is 22.4 Å². The van der Waals surface area contributed by atoms with E-state index in [1.54, 1.807) is 30.5 Å². The van der Waals surface area contributed by atoms with Crippen LogP contribution < -0.4 is 11.1 Å². The molecule has 0 bridgehead atoms. The van der Waals surface area contributed by atoms with Crippen molar-refractivity contribution in [3.8, 4) is 0 Å². The molecule has 1 amide bonds. The molecule has 6 heteroatoms. The highest BCUT2D eigenvalue weighted by atomic mass is 35.5. The molecule has 0 aliphatic heterocycles. The third-order valence-corrected chi connectivity index (χ3v) is 3.57. The van der Waals surface area contributed by atoms with Gasteiger partial charge in [-0.15, -0.1) is 12.4 Å². The zero-order chi connectivity index (χ0) is 13.9. The van der Waals surface area contributed by atoms with Gasteiger partial charge in [0.25, 0.3) is 0 Å². The number of halogens is 1. The van der Waals surface area contributed by atoms with Gasteiger partial charge in [0, 0.05) is 27.6 Å². The molecular weight excluding hydrogens is 284 g/mol. The first kappa shape index (κ1) is 18.1. The zero-order valence-corrected chi connectivity index (χ0v) is 13.2. The Hall–Kier alpha value is -0.910. The topological polar surface area (TPSA) is 72.2 Å². The van der Waals surface area contributed by atoms with Gasteiger partial charge >= 0.3 is 0 Å². The molecule has 0 saturated carbocycles. The lowest BCUT2D eigenvalue weighted by Gasteiger charge is -2.25. The summed E-state index contributed by atoms with van der Waals surface area (Å²) in [6, 6.07) is 6.38. The van der Waals surface area contributed by atoms with E-state index in [0.717, 1.165) is 0 Å². The molecule has 0 aromatic heterocycles. The fraction of sp³-hybridized carbons (Fsp3) is 0.462.